The fraction of sp³-hybridized carbons (Fsp3) is 0.0492. The third-order valence-corrected chi connectivity index (χ3v) is 24.3. The van der Waals surface area contributed by atoms with Crippen LogP contribution < -0.4 is 0 Å². The lowest BCUT2D eigenvalue weighted by atomic mass is 9.75. The Morgan fingerprint density at radius 2 is 0.238 bits per heavy atom. The van der Waals surface area contributed by atoms with E-state index in [-0.39, 0.29) is 0 Å². The largest absolute Gasteiger partial charge is 0.0622 e. The van der Waals surface area contributed by atoms with Crippen LogP contribution in [0.4, 0.5) is 0 Å². The van der Waals surface area contributed by atoms with E-state index in [9.17, 15) is 0 Å². The van der Waals surface area contributed by atoms with E-state index in [0.717, 1.165) is 22.3 Å². The predicted octanol–water partition coefficient (Wildman–Crippen LogP) is 32.9. The molecule has 0 N–H and O–H groups in total. The molecule has 0 radical (unpaired) electrons. The van der Waals surface area contributed by atoms with Crippen LogP contribution >= 0.6 is 0 Å². The van der Waals surface area contributed by atoms with Crippen LogP contribution in [0, 0.1) is 41.5 Å². The minimum Gasteiger partial charge on any atom is -0.0622 e. The van der Waals surface area contributed by atoms with Gasteiger partial charge in [-0.1, -0.05) is 437 Å². The Morgan fingerprint density at radius 1 is 0.123 bits per heavy atom. The maximum absolute atomic E-state index is 2.39. The van der Waals surface area contributed by atoms with E-state index < -0.39 is 0 Å². The molecule has 0 aliphatic carbocycles. The SMILES string of the molecule is Cc1c(-c2ccc(-c3ccc(C=C(c4ccccc4)c4ccccc4)cc3)cc2)c(C)c(-c2c(C)c(-c3ccc(-c4ccc(C=C(c5ccccc5)c5ccccc5)cc4)cc3)c(C)c(-c3ccc(-c4ccc(C=C(c5ccccc5)c5ccccc5)cc4)cc3)c2C)c(C)c1-c1ccc(-c2ccc(C=C(c3ccccc3)c3ccccc3)cc2)cc1. The second-order valence-corrected chi connectivity index (χ2v) is 32.0. The van der Waals surface area contributed by atoms with Gasteiger partial charge < -0.3 is 0 Å². The van der Waals surface area contributed by atoms with E-state index >= 15 is 0 Å². The van der Waals surface area contributed by atoms with Crippen molar-refractivity contribution in [2.75, 3.05) is 0 Å². The van der Waals surface area contributed by atoms with E-state index in [4.69, 9.17) is 0 Å². The summed E-state index contributed by atoms with van der Waals surface area (Å²) >= 11 is 0. The molecule has 0 aromatic heterocycles. The van der Waals surface area contributed by atoms with Crippen LogP contribution in [-0.2, 0) is 0 Å². The maximum atomic E-state index is 2.39. The fourth-order valence-electron chi connectivity index (χ4n) is 18.3. The summed E-state index contributed by atoms with van der Waals surface area (Å²) in [4.78, 5) is 0. The molecular weight excluding hydrogens is 1470 g/mol. The van der Waals surface area contributed by atoms with E-state index in [1.807, 2.05) is 0 Å². The molecule has 0 unspecified atom stereocenters. The zero-order chi connectivity index (χ0) is 82.8. The lowest BCUT2D eigenvalue weighted by Gasteiger charge is -2.28. The van der Waals surface area contributed by atoms with Gasteiger partial charge in [0.1, 0.15) is 0 Å². The molecule has 582 valence electrons. The minimum absolute atomic E-state index is 1.15. The van der Waals surface area contributed by atoms with Crippen molar-refractivity contribution < 1.29 is 0 Å². The van der Waals surface area contributed by atoms with Crippen molar-refractivity contribution in [2.24, 2.45) is 0 Å². The third kappa shape index (κ3) is 16.6. The molecule has 0 saturated carbocycles. The summed E-state index contributed by atoms with van der Waals surface area (Å²) in [6.45, 7) is 14.3. The summed E-state index contributed by atoms with van der Waals surface area (Å²) in [6.07, 6.45) is 9.24. The summed E-state index contributed by atoms with van der Waals surface area (Å²) in [6, 6.07) is 159. The van der Waals surface area contributed by atoms with E-state index in [2.05, 4.69) is 503 Å². The van der Waals surface area contributed by atoms with Crippen molar-refractivity contribution >= 4 is 46.6 Å². The Kier molecular flexibility index (Phi) is 22.8. The highest BCUT2D eigenvalue weighted by Gasteiger charge is 2.28. The van der Waals surface area contributed by atoms with Crippen LogP contribution in [0.1, 0.15) is 100 Å². The van der Waals surface area contributed by atoms with Gasteiger partial charge in [0.2, 0.25) is 0 Å². The van der Waals surface area contributed by atoms with Crippen molar-refractivity contribution in [3.05, 3.63) is 537 Å². The second-order valence-electron chi connectivity index (χ2n) is 32.0. The van der Waals surface area contributed by atoms with Gasteiger partial charge in [-0.25, -0.2) is 0 Å². The maximum Gasteiger partial charge on any atom is -0.0105 e. The lowest BCUT2D eigenvalue weighted by Crippen LogP contribution is -2.06. The van der Waals surface area contributed by atoms with Crippen LogP contribution in [-0.4, -0.2) is 0 Å². The summed E-state index contributed by atoms with van der Waals surface area (Å²) in [5, 5.41) is 0. The molecule has 0 aliphatic heterocycles. The average molecular weight is 1560 g/mol. The first-order valence-corrected chi connectivity index (χ1v) is 42.4. The van der Waals surface area contributed by atoms with E-state index in [1.54, 1.807) is 0 Å². The molecule has 0 saturated heterocycles. The van der Waals surface area contributed by atoms with Gasteiger partial charge in [-0.3, -0.25) is 0 Å². The Morgan fingerprint density at radius 3 is 0.377 bits per heavy atom. The van der Waals surface area contributed by atoms with Gasteiger partial charge >= 0.3 is 0 Å². The Hall–Kier alpha value is -15.1. The predicted molar refractivity (Wildman–Crippen MR) is 523 cm³/mol. The van der Waals surface area contributed by atoms with Crippen molar-refractivity contribution in [1.29, 1.82) is 0 Å². The number of hydrogen-bond donors (Lipinski definition) is 0. The molecule has 18 aromatic rings. The van der Waals surface area contributed by atoms with Crippen molar-refractivity contribution in [1.82, 2.24) is 0 Å². The second kappa shape index (κ2) is 35.6. The topological polar surface area (TPSA) is 0 Å². The minimum atomic E-state index is 1.15. The van der Waals surface area contributed by atoms with Gasteiger partial charge in [0.15, 0.2) is 0 Å². The van der Waals surface area contributed by atoms with E-state index in [1.165, 1.54) is 200 Å². The van der Waals surface area contributed by atoms with Gasteiger partial charge in [-0.15, -0.1) is 0 Å². The van der Waals surface area contributed by atoms with Crippen LogP contribution in [0.25, 0.3) is 147 Å². The Bertz CT molecular complexity index is 5820. The zero-order valence-corrected chi connectivity index (χ0v) is 69.9. The summed E-state index contributed by atoms with van der Waals surface area (Å²) in [5.74, 6) is 0. The molecule has 0 spiro atoms. The summed E-state index contributed by atoms with van der Waals surface area (Å²) < 4.78 is 0. The summed E-state index contributed by atoms with van der Waals surface area (Å²) in [5.41, 5.74) is 47.9. The molecule has 122 heavy (non-hydrogen) atoms. The normalized spacial score (nSPS) is 11.0. The Labute approximate surface area is 720 Å². The molecule has 0 aliphatic rings. The molecule has 0 fully saturated rings. The first kappa shape index (κ1) is 78.1. The number of benzene rings is 18. The molecule has 0 nitrogen and oxygen atoms in total. The standard InChI is InChI=1S/C122H94/c1-83-117(109-71-63-97(64-72-109)93-55-47-89(48-56-93)79-113(101-31-15-7-16-32-101)102-33-17-8-18-34-102)85(3)121(86(4)118(83)110-73-65-98(66-74-110)94-57-49-90(50-58-94)80-114(103-35-19-9-20-36-103)104-37-21-10-22-38-104)122-87(5)119(111-75-67-99(68-76-111)95-59-51-91(52-60-95)81-115(105-39-23-11-24-40-105)106-41-25-12-26-42-106)84(2)120(88(122)6)112-77-69-100(70-78-112)96-61-53-92(54-62-96)82-116(107-43-27-13-28-44-107)108-45-29-14-30-46-108/h7-82H,1-6H3. The van der Waals surface area contributed by atoms with Gasteiger partial charge in [0.05, 0.1) is 0 Å². The monoisotopic (exact) mass is 1560 g/mol. The van der Waals surface area contributed by atoms with Gasteiger partial charge in [0.25, 0.3) is 0 Å². The van der Waals surface area contributed by atoms with Gasteiger partial charge in [-0.2, -0.15) is 0 Å². The highest BCUT2D eigenvalue weighted by Crippen LogP contribution is 2.51. The fourth-order valence-corrected chi connectivity index (χ4v) is 18.3. The summed E-state index contributed by atoms with van der Waals surface area (Å²) in [7, 11) is 0. The molecule has 18 aromatic carbocycles. The molecule has 0 amide bonds. The van der Waals surface area contributed by atoms with Crippen LogP contribution in [0.5, 0.6) is 0 Å². The van der Waals surface area contributed by atoms with Gasteiger partial charge in [-0.05, 0) is 288 Å². The van der Waals surface area contributed by atoms with Crippen LogP contribution in [0.15, 0.2) is 437 Å². The third-order valence-electron chi connectivity index (χ3n) is 24.3. The first-order chi connectivity index (χ1) is 60.0. The molecular formula is C122H94. The molecule has 0 atom stereocenters. The van der Waals surface area contributed by atoms with Crippen LogP contribution in [0.2, 0.25) is 0 Å². The van der Waals surface area contributed by atoms with Crippen molar-refractivity contribution in [2.45, 2.75) is 41.5 Å². The average Bonchev–Trinajstić information content (AvgIpc) is 0.721. The smallest absolute Gasteiger partial charge is 0.0105 e. The molecule has 0 heteroatoms. The van der Waals surface area contributed by atoms with E-state index in [0.29, 0.717) is 0 Å². The molecule has 18 rings (SSSR count). The highest BCUT2D eigenvalue weighted by molar-refractivity contribution is 6.01. The zero-order valence-electron chi connectivity index (χ0n) is 69.9. The Balaban J connectivity index is 0.758. The van der Waals surface area contributed by atoms with Crippen LogP contribution in [0.3, 0.4) is 0 Å². The molecule has 0 heterocycles. The first-order valence-electron chi connectivity index (χ1n) is 42.4. The van der Waals surface area contributed by atoms with Crippen molar-refractivity contribution in [3.8, 4) is 100 Å². The number of rotatable bonds is 21. The quantitative estimate of drug-likeness (QED) is 0.0629. The van der Waals surface area contributed by atoms with Gasteiger partial charge in [0, 0.05) is 0 Å². The molecule has 0 bridgehead atoms. The lowest BCUT2D eigenvalue weighted by molar-refractivity contribution is 1.27. The highest BCUT2D eigenvalue weighted by atomic mass is 14.3. The van der Waals surface area contributed by atoms with Crippen molar-refractivity contribution in [3.63, 3.8) is 0 Å². The number of hydrogen-bond acceptors (Lipinski definition) is 0.